The van der Waals surface area contributed by atoms with Gasteiger partial charge in [0, 0.05) is 5.02 Å². The summed E-state index contributed by atoms with van der Waals surface area (Å²) in [5.74, 6) is 2.76. The second-order valence-electron chi connectivity index (χ2n) is 12.1. The van der Waals surface area contributed by atoms with Crippen LogP contribution < -0.4 is 10.1 Å². The quantitative estimate of drug-likeness (QED) is 0.402. The van der Waals surface area contributed by atoms with E-state index in [2.05, 4.69) is 17.4 Å². The molecule has 6 rings (SSSR count). The number of nitrogens with one attached hydrogen (secondary N) is 1. The summed E-state index contributed by atoms with van der Waals surface area (Å²) < 4.78 is 11.3. The van der Waals surface area contributed by atoms with E-state index in [1.54, 1.807) is 32.9 Å². The second-order valence-corrected chi connectivity index (χ2v) is 12.5. The number of hydrogen-bond donors (Lipinski definition) is 1. The Morgan fingerprint density at radius 1 is 0.972 bits per heavy atom. The van der Waals surface area contributed by atoms with Crippen LogP contribution in [0.2, 0.25) is 5.02 Å². The van der Waals surface area contributed by atoms with Gasteiger partial charge in [0.1, 0.15) is 11.4 Å². The van der Waals surface area contributed by atoms with Gasteiger partial charge in [-0.05, 0) is 118 Å². The van der Waals surface area contributed by atoms with Crippen LogP contribution in [0.4, 0.5) is 5.69 Å². The number of amides is 1. The Labute approximate surface area is 218 Å². The maximum absolute atomic E-state index is 12.6. The third kappa shape index (κ3) is 5.56. The fourth-order valence-corrected chi connectivity index (χ4v) is 7.14. The molecular formula is C30H36ClNO4. The van der Waals surface area contributed by atoms with E-state index in [0.717, 1.165) is 23.5 Å². The van der Waals surface area contributed by atoms with E-state index < -0.39 is 11.6 Å². The van der Waals surface area contributed by atoms with Crippen LogP contribution in [0.1, 0.15) is 81.6 Å². The Morgan fingerprint density at radius 3 is 2.17 bits per heavy atom. The molecule has 36 heavy (non-hydrogen) atoms. The average molecular weight is 510 g/mol. The topological polar surface area (TPSA) is 64.6 Å². The Bertz CT molecular complexity index is 1100. The van der Waals surface area contributed by atoms with Crippen LogP contribution >= 0.6 is 11.6 Å². The van der Waals surface area contributed by atoms with E-state index in [0.29, 0.717) is 16.1 Å². The van der Waals surface area contributed by atoms with Gasteiger partial charge in [-0.3, -0.25) is 4.79 Å². The van der Waals surface area contributed by atoms with Gasteiger partial charge >= 0.3 is 5.97 Å². The average Bonchev–Trinajstić information content (AvgIpc) is 2.78. The van der Waals surface area contributed by atoms with Crippen molar-refractivity contribution in [1.82, 2.24) is 0 Å². The van der Waals surface area contributed by atoms with Crippen molar-refractivity contribution in [3.63, 3.8) is 0 Å². The molecule has 4 saturated carbocycles. The van der Waals surface area contributed by atoms with Crippen molar-refractivity contribution < 1.29 is 19.1 Å². The molecule has 4 fully saturated rings. The molecule has 4 aliphatic carbocycles. The fourth-order valence-electron chi connectivity index (χ4n) is 6.97. The Morgan fingerprint density at radius 2 is 1.58 bits per heavy atom. The molecule has 192 valence electrons. The maximum atomic E-state index is 12.6. The van der Waals surface area contributed by atoms with E-state index in [9.17, 15) is 9.59 Å². The summed E-state index contributed by atoms with van der Waals surface area (Å²) in [7, 11) is 0. The number of carbonyl (C=O) groups is 2. The molecule has 4 bridgehead atoms. The first-order valence-corrected chi connectivity index (χ1v) is 13.5. The van der Waals surface area contributed by atoms with Gasteiger partial charge in [0.25, 0.3) is 0 Å². The zero-order valence-corrected chi connectivity index (χ0v) is 22.2. The molecule has 0 radical (unpaired) electrons. The number of rotatable bonds is 7. The van der Waals surface area contributed by atoms with Crippen molar-refractivity contribution in [2.75, 3.05) is 11.9 Å². The molecule has 1 amide bonds. The zero-order valence-electron chi connectivity index (χ0n) is 21.4. The molecule has 4 aliphatic rings. The number of halogens is 1. The first kappa shape index (κ1) is 25.1. The summed E-state index contributed by atoms with van der Waals surface area (Å²) >= 11 is 6.08. The predicted molar refractivity (Wildman–Crippen MR) is 142 cm³/mol. The number of ether oxygens (including phenoxy) is 2. The first-order valence-electron chi connectivity index (χ1n) is 13.1. The maximum Gasteiger partial charge on any atom is 0.340 e. The number of esters is 1. The van der Waals surface area contributed by atoms with Crippen LogP contribution in [0.5, 0.6) is 5.75 Å². The minimum absolute atomic E-state index is 0.160. The van der Waals surface area contributed by atoms with Crippen molar-refractivity contribution in [1.29, 1.82) is 0 Å². The lowest BCUT2D eigenvalue weighted by molar-refractivity contribution is -0.116. The molecule has 0 aromatic heterocycles. The van der Waals surface area contributed by atoms with Gasteiger partial charge in [-0.15, -0.1) is 0 Å². The van der Waals surface area contributed by atoms with E-state index in [1.165, 1.54) is 50.2 Å². The summed E-state index contributed by atoms with van der Waals surface area (Å²) in [5, 5.41) is 3.19. The third-order valence-electron chi connectivity index (χ3n) is 7.98. The van der Waals surface area contributed by atoms with Gasteiger partial charge < -0.3 is 14.8 Å². The fraction of sp³-hybridized carbons (Fsp3) is 0.533. The van der Waals surface area contributed by atoms with E-state index in [4.69, 9.17) is 21.1 Å². The summed E-state index contributed by atoms with van der Waals surface area (Å²) in [6.07, 6.45) is 8.51. The van der Waals surface area contributed by atoms with Crippen LogP contribution in [-0.4, -0.2) is 24.1 Å². The van der Waals surface area contributed by atoms with Gasteiger partial charge in [-0.25, -0.2) is 4.79 Å². The number of carbonyl (C=O) groups excluding carboxylic acids is 2. The minimum Gasteiger partial charge on any atom is -0.493 e. The van der Waals surface area contributed by atoms with Crippen molar-refractivity contribution in [3.8, 4) is 5.75 Å². The van der Waals surface area contributed by atoms with Crippen LogP contribution in [0.25, 0.3) is 0 Å². The van der Waals surface area contributed by atoms with Crippen LogP contribution in [0, 0.1) is 17.8 Å². The summed E-state index contributed by atoms with van der Waals surface area (Å²) in [6.45, 7) is 5.63. The Hall–Kier alpha value is -2.53. The predicted octanol–water partition coefficient (Wildman–Crippen LogP) is 7.17. The minimum atomic E-state index is -0.653. The molecule has 0 spiro atoms. The summed E-state index contributed by atoms with van der Waals surface area (Å²) in [4.78, 5) is 25.2. The summed E-state index contributed by atoms with van der Waals surface area (Å²) in [6, 6.07) is 13.3. The standard InChI is InChI=1S/C30H36ClNO4/c1-29(2,3)36-28(34)25-15-23(31)6-9-26(25)32-27(33)10-11-35-24-7-4-22(5-8-24)30-16-19-12-20(17-30)14-21(13-19)18-30/h4-9,15,19-21H,10-14,16-18H2,1-3H3,(H,32,33). The lowest BCUT2D eigenvalue weighted by Crippen LogP contribution is -2.48. The molecule has 0 heterocycles. The highest BCUT2D eigenvalue weighted by Crippen LogP contribution is 2.60. The lowest BCUT2D eigenvalue weighted by atomic mass is 9.48. The number of benzene rings is 2. The Kier molecular flexibility index (Phi) is 6.80. The molecule has 2 aromatic rings. The van der Waals surface area contributed by atoms with E-state index in [1.807, 2.05) is 12.1 Å². The van der Waals surface area contributed by atoms with E-state index in [-0.39, 0.29) is 24.5 Å². The smallest absolute Gasteiger partial charge is 0.340 e. The first-order chi connectivity index (χ1) is 17.1. The molecular weight excluding hydrogens is 474 g/mol. The number of anilines is 1. The lowest BCUT2D eigenvalue weighted by Gasteiger charge is -2.57. The molecule has 1 N–H and O–H groups in total. The molecule has 5 nitrogen and oxygen atoms in total. The van der Waals surface area contributed by atoms with Crippen LogP contribution in [-0.2, 0) is 14.9 Å². The van der Waals surface area contributed by atoms with Gasteiger partial charge in [-0.2, -0.15) is 0 Å². The van der Waals surface area contributed by atoms with E-state index >= 15 is 0 Å². The largest absolute Gasteiger partial charge is 0.493 e. The highest BCUT2D eigenvalue weighted by Gasteiger charge is 2.51. The highest BCUT2D eigenvalue weighted by atomic mass is 35.5. The summed E-state index contributed by atoms with van der Waals surface area (Å²) in [5.41, 5.74) is 1.78. The zero-order chi connectivity index (χ0) is 25.5. The van der Waals surface area contributed by atoms with Gasteiger partial charge in [0.05, 0.1) is 24.3 Å². The third-order valence-corrected chi connectivity index (χ3v) is 8.21. The normalized spacial score (nSPS) is 26.5. The molecule has 2 aromatic carbocycles. The van der Waals surface area contributed by atoms with Crippen LogP contribution in [0.15, 0.2) is 42.5 Å². The van der Waals surface area contributed by atoms with Crippen molar-refractivity contribution in [2.45, 2.75) is 76.7 Å². The SMILES string of the molecule is CC(C)(C)OC(=O)c1cc(Cl)ccc1NC(=O)CCOc1ccc(C23CC4CC(CC(C4)C2)C3)cc1. The molecule has 0 unspecified atom stereocenters. The highest BCUT2D eigenvalue weighted by molar-refractivity contribution is 6.31. The number of hydrogen-bond acceptors (Lipinski definition) is 4. The van der Waals surface area contributed by atoms with Gasteiger partial charge in [0.2, 0.25) is 5.91 Å². The Balaban J connectivity index is 1.15. The van der Waals surface area contributed by atoms with Crippen molar-refractivity contribution >= 4 is 29.2 Å². The molecule has 6 heteroatoms. The molecule has 0 atom stereocenters. The van der Waals surface area contributed by atoms with Gasteiger partial charge in [-0.1, -0.05) is 23.7 Å². The molecule has 0 aliphatic heterocycles. The molecule has 0 saturated heterocycles. The van der Waals surface area contributed by atoms with Crippen molar-refractivity contribution in [2.24, 2.45) is 17.8 Å². The van der Waals surface area contributed by atoms with Gasteiger partial charge in [0.15, 0.2) is 0 Å². The van der Waals surface area contributed by atoms with Crippen LogP contribution in [0.3, 0.4) is 0 Å². The monoisotopic (exact) mass is 509 g/mol. The second kappa shape index (κ2) is 9.74. The van der Waals surface area contributed by atoms with Crippen molar-refractivity contribution in [3.05, 3.63) is 58.6 Å².